The van der Waals surface area contributed by atoms with Crippen LogP contribution in [0.3, 0.4) is 0 Å². The number of rotatable bonds is 1. The molecule has 2 rings (SSSR count). The minimum Gasteiger partial charge on any atom is -0.439 e. The number of benzene rings is 1. The third-order valence-electron chi connectivity index (χ3n) is 4.20. The average molecular weight is 383 g/mol. The SMILES string of the molecule is CC(C)(C)N1C(=O)O[C@H](c2cc(C(F)(F)F)cc(C(F)(F)F)c2)C1(C)C. The fourth-order valence-electron chi connectivity index (χ4n) is 3.39. The van der Waals surface area contributed by atoms with Gasteiger partial charge in [0, 0.05) is 5.54 Å². The van der Waals surface area contributed by atoms with Crippen LogP contribution in [0.5, 0.6) is 0 Å². The molecule has 0 N–H and O–H groups in total. The minimum absolute atomic E-state index is 0.0504. The van der Waals surface area contributed by atoms with Crippen LogP contribution in [0.15, 0.2) is 18.2 Å². The highest BCUT2D eigenvalue weighted by atomic mass is 19.4. The van der Waals surface area contributed by atoms with E-state index in [0.29, 0.717) is 12.1 Å². The fourth-order valence-corrected chi connectivity index (χ4v) is 3.39. The summed E-state index contributed by atoms with van der Waals surface area (Å²) in [5.41, 5.74) is -5.12. The second kappa shape index (κ2) is 5.79. The number of carbonyl (C=O) groups excluding carboxylic acids is 1. The largest absolute Gasteiger partial charge is 0.439 e. The van der Waals surface area contributed by atoms with E-state index in [4.69, 9.17) is 4.74 Å². The number of nitrogens with zero attached hydrogens (tertiary/aromatic N) is 1. The first-order valence-corrected chi connectivity index (χ1v) is 7.76. The lowest BCUT2D eigenvalue weighted by molar-refractivity contribution is -0.143. The van der Waals surface area contributed by atoms with Gasteiger partial charge in [-0.15, -0.1) is 0 Å². The zero-order valence-electron chi connectivity index (χ0n) is 14.8. The molecule has 0 unspecified atom stereocenters. The van der Waals surface area contributed by atoms with Crippen molar-refractivity contribution < 1.29 is 35.9 Å². The Kier molecular flexibility index (Phi) is 4.54. The highest BCUT2D eigenvalue weighted by Gasteiger charge is 2.53. The van der Waals surface area contributed by atoms with Gasteiger partial charge in [0.05, 0.1) is 16.7 Å². The second-order valence-electron chi connectivity index (χ2n) is 7.76. The molecule has 0 radical (unpaired) electrons. The monoisotopic (exact) mass is 383 g/mol. The van der Waals surface area contributed by atoms with Gasteiger partial charge in [0.1, 0.15) is 0 Å². The van der Waals surface area contributed by atoms with Crippen molar-refractivity contribution in [3.8, 4) is 0 Å². The smallest absolute Gasteiger partial charge is 0.416 e. The molecule has 1 aliphatic heterocycles. The first-order valence-electron chi connectivity index (χ1n) is 7.76. The molecule has 0 bridgehead atoms. The molecule has 1 fully saturated rings. The molecule has 1 atom stereocenters. The van der Waals surface area contributed by atoms with Crippen LogP contribution in [-0.2, 0) is 17.1 Å². The standard InChI is InChI=1S/C17H19F6NO2/c1-14(2,3)24-13(25)26-12(15(24,4)5)9-6-10(16(18,19)20)8-11(7-9)17(21,22)23/h6-8,12H,1-5H3/t12-/m1/s1. The summed E-state index contributed by atoms with van der Waals surface area (Å²) in [5.74, 6) is 0. The Morgan fingerprint density at radius 3 is 1.65 bits per heavy atom. The Morgan fingerprint density at radius 2 is 1.35 bits per heavy atom. The maximum absolute atomic E-state index is 13.1. The highest BCUT2D eigenvalue weighted by molar-refractivity contribution is 5.73. The van der Waals surface area contributed by atoms with E-state index in [0.717, 1.165) is 0 Å². The minimum atomic E-state index is -4.97. The van der Waals surface area contributed by atoms with Gasteiger partial charge in [0.2, 0.25) is 0 Å². The summed E-state index contributed by atoms with van der Waals surface area (Å²) in [4.78, 5) is 13.6. The van der Waals surface area contributed by atoms with Crippen LogP contribution in [0.4, 0.5) is 31.1 Å². The predicted octanol–water partition coefficient (Wildman–Crippen LogP) is 5.79. The van der Waals surface area contributed by atoms with Gasteiger partial charge in [0.25, 0.3) is 0 Å². The van der Waals surface area contributed by atoms with Crippen molar-refractivity contribution in [2.75, 3.05) is 0 Å². The first kappa shape index (κ1) is 20.4. The Labute approximate surface area is 146 Å². The molecule has 0 saturated carbocycles. The van der Waals surface area contributed by atoms with E-state index in [-0.39, 0.29) is 11.6 Å². The van der Waals surface area contributed by atoms with E-state index in [1.165, 1.54) is 4.90 Å². The molecule has 1 amide bonds. The van der Waals surface area contributed by atoms with Gasteiger partial charge in [-0.05, 0) is 58.4 Å². The number of carbonyl (C=O) groups is 1. The fraction of sp³-hybridized carbons (Fsp3) is 0.588. The van der Waals surface area contributed by atoms with Crippen LogP contribution in [-0.4, -0.2) is 22.1 Å². The lowest BCUT2D eigenvalue weighted by Gasteiger charge is -2.41. The van der Waals surface area contributed by atoms with Crippen molar-refractivity contribution in [1.29, 1.82) is 0 Å². The summed E-state index contributed by atoms with van der Waals surface area (Å²) in [5, 5.41) is 0. The van der Waals surface area contributed by atoms with E-state index in [2.05, 4.69) is 0 Å². The zero-order chi connectivity index (χ0) is 20.3. The topological polar surface area (TPSA) is 29.5 Å². The van der Waals surface area contributed by atoms with Crippen molar-refractivity contribution in [3.63, 3.8) is 0 Å². The second-order valence-corrected chi connectivity index (χ2v) is 7.76. The van der Waals surface area contributed by atoms with E-state index in [9.17, 15) is 31.1 Å². The van der Waals surface area contributed by atoms with Gasteiger partial charge >= 0.3 is 18.4 Å². The molecule has 146 valence electrons. The van der Waals surface area contributed by atoms with Gasteiger partial charge in [-0.2, -0.15) is 26.3 Å². The summed E-state index contributed by atoms with van der Waals surface area (Å²) in [6.45, 7) is 8.19. The van der Waals surface area contributed by atoms with E-state index >= 15 is 0 Å². The van der Waals surface area contributed by atoms with Crippen molar-refractivity contribution in [1.82, 2.24) is 4.90 Å². The number of alkyl halides is 6. The van der Waals surface area contributed by atoms with Crippen molar-refractivity contribution in [2.24, 2.45) is 0 Å². The highest BCUT2D eigenvalue weighted by Crippen LogP contribution is 2.46. The molecular weight excluding hydrogens is 364 g/mol. The van der Waals surface area contributed by atoms with E-state index in [1.54, 1.807) is 34.6 Å². The van der Waals surface area contributed by atoms with Crippen molar-refractivity contribution in [2.45, 2.75) is 64.2 Å². The maximum atomic E-state index is 13.1. The molecule has 0 aliphatic carbocycles. The number of amides is 1. The maximum Gasteiger partial charge on any atom is 0.416 e. The Morgan fingerprint density at radius 1 is 0.923 bits per heavy atom. The summed E-state index contributed by atoms with van der Waals surface area (Å²) >= 11 is 0. The number of cyclic esters (lactones) is 1. The molecule has 1 aromatic rings. The molecule has 26 heavy (non-hydrogen) atoms. The number of hydrogen-bond donors (Lipinski definition) is 0. The van der Waals surface area contributed by atoms with Gasteiger partial charge in [-0.3, -0.25) is 4.90 Å². The van der Waals surface area contributed by atoms with E-state index in [1.807, 2.05) is 0 Å². The summed E-state index contributed by atoms with van der Waals surface area (Å²) < 4.78 is 83.6. The summed E-state index contributed by atoms with van der Waals surface area (Å²) in [6.07, 6.45) is -12.0. The molecule has 9 heteroatoms. The molecule has 3 nitrogen and oxygen atoms in total. The molecule has 1 saturated heterocycles. The van der Waals surface area contributed by atoms with Crippen LogP contribution in [0.1, 0.15) is 57.4 Å². The zero-order valence-corrected chi connectivity index (χ0v) is 14.8. The van der Waals surface area contributed by atoms with Crippen LogP contribution < -0.4 is 0 Å². The van der Waals surface area contributed by atoms with E-state index < -0.39 is 46.8 Å². The molecule has 0 spiro atoms. The normalized spacial score (nSPS) is 21.1. The van der Waals surface area contributed by atoms with Crippen LogP contribution >= 0.6 is 0 Å². The molecule has 1 aromatic carbocycles. The van der Waals surface area contributed by atoms with Crippen LogP contribution in [0.25, 0.3) is 0 Å². The lowest BCUT2D eigenvalue weighted by atomic mass is 9.86. The Balaban J connectivity index is 2.63. The van der Waals surface area contributed by atoms with Crippen molar-refractivity contribution >= 4 is 6.09 Å². The third kappa shape index (κ3) is 3.61. The van der Waals surface area contributed by atoms with Gasteiger partial charge in [-0.25, -0.2) is 4.79 Å². The summed E-state index contributed by atoms with van der Waals surface area (Å²) in [6, 6.07) is 1.25. The first-order chi connectivity index (χ1) is 11.5. The van der Waals surface area contributed by atoms with Gasteiger partial charge < -0.3 is 4.74 Å². The predicted molar refractivity (Wildman–Crippen MR) is 81.3 cm³/mol. The third-order valence-corrected chi connectivity index (χ3v) is 4.20. The quantitative estimate of drug-likeness (QED) is 0.574. The molecule has 1 aliphatic rings. The van der Waals surface area contributed by atoms with Gasteiger partial charge in [-0.1, -0.05) is 0 Å². The molecule has 1 heterocycles. The van der Waals surface area contributed by atoms with Crippen molar-refractivity contribution in [3.05, 3.63) is 34.9 Å². The summed E-state index contributed by atoms with van der Waals surface area (Å²) in [7, 11) is 0. The molecular formula is C17H19F6NO2. The number of ether oxygens (including phenoxy) is 1. The van der Waals surface area contributed by atoms with Crippen LogP contribution in [0, 0.1) is 0 Å². The Bertz CT molecular complexity index is 683. The lowest BCUT2D eigenvalue weighted by Crippen LogP contribution is -2.53. The average Bonchev–Trinajstić information content (AvgIpc) is 2.65. The Hall–Kier alpha value is -1.93. The van der Waals surface area contributed by atoms with Gasteiger partial charge in [0.15, 0.2) is 6.10 Å². The van der Waals surface area contributed by atoms with Crippen LogP contribution in [0.2, 0.25) is 0 Å². The molecule has 0 aromatic heterocycles. The number of halogens is 6. The number of hydrogen-bond acceptors (Lipinski definition) is 2.